The molecule has 6 nitrogen and oxygen atoms in total. The molecule has 3 rings (SSSR count). The van der Waals surface area contributed by atoms with Gasteiger partial charge in [-0.1, -0.05) is 17.7 Å². The highest BCUT2D eigenvalue weighted by Gasteiger charge is 2.13. The van der Waals surface area contributed by atoms with Crippen LogP contribution in [0.4, 0.5) is 5.69 Å². The Kier molecular flexibility index (Phi) is 7.38. The van der Waals surface area contributed by atoms with E-state index >= 15 is 0 Å². The first-order chi connectivity index (χ1) is 15.0. The van der Waals surface area contributed by atoms with E-state index in [9.17, 15) is 4.79 Å². The van der Waals surface area contributed by atoms with E-state index in [-0.39, 0.29) is 12.5 Å². The molecule has 0 radical (unpaired) electrons. The lowest BCUT2D eigenvalue weighted by atomic mass is 10.1. The number of aryl methyl sites for hydroxylation is 1. The number of nitrogens with one attached hydrogen (secondary N) is 1. The second kappa shape index (κ2) is 10.4. The molecule has 6 heteroatoms. The smallest absolute Gasteiger partial charge is 0.255 e. The van der Waals surface area contributed by atoms with Crippen LogP contribution in [0.5, 0.6) is 23.0 Å². The van der Waals surface area contributed by atoms with Gasteiger partial charge in [-0.15, -0.1) is 0 Å². The van der Waals surface area contributed by atoms with Crippen LogP contribution in [0.15, 0.2) is 60.7 Å². The molecular weight excluding hydrogens is 394 g/mol. The quantitative estimate of drug-likeness (QED) is 0.512. The van der Waals surface area contributed by atoms with Gasteiger partial charge in [-0.2, -0.15) is 0 Å². The fourth-order valence-electron chi connectivity index (χ4n) is 3.04. The van der Waals surface area contributed by atoms with Crippen LogP contribution in [0.2, 0.25) is 0 Å². The Hall–Kier alpha value is -3.67. The molecule has 1 amide bonds. The number of hydrogen-bond donors (Lipinski definition) is 1. The zero-order chi connectivity index (χ0) is 22.2. The van der Waals surface area contributed by atoms with Gasteiger partial charge in [0.05, 0.1) is 20.8 Å². The molecule has 0 saturated heterocycles. The van der Waals surface area contributed by atoms with Crippen LogP contribution in [-0.4, -0.2) is 26.7 Å². The second-order valence-electron chi connectivity index (χ2n) is 6.88. The van der Waals surface area contributed by atoms with Gasteiger partial charge in [0, 0.05) is 22.9 Å². The number of amides is 1. The molecule has 0 aliphatic carbocycles. The number of methoxy groups -OCH3 is 2. The first-order valence-corrected chi connectivity index (χ1v) is 10.0. The molecule has 0 aliphatic rings. The Labute approximate surface area is 182 Å². The zero-order valence-electron chi connectivity index (χ0n) is 18.2. The van der Waals surface area contributed by atoms with E-state index in [2.05, 4.69) is 5.32 Å². The largest absolute Gasteiger partial charge is 0.493 e. The number of benzene rings is 3. The topological polar surface area (TPSA) is 66.0 Å². The summed E-state index contributed by atoms with van der Waals surface area (Å²) in [6, 6.07) is 18.4. The van der Waals surface area contributed by atoms with E-state index in [1.165, 1.54) is 0 Å². The van der Waals surface area contributed by atoms with Gasteiger partial charge in [-0.05, 0) is 56.3 Å². The Morgan fingerprint density at radius 3 is 2.23 bits per heavy atom. The second-order valence-corrected chi connectivity index (χ2v) is 6.88. The maximum absolute atomic E-state index is 12.8. The summed E-state index contributed by atoms with van der Waals surface area (Å²) in [5.41, 5.74) is 3.06. The molecule has 3 aromatic rings. The van der Waals surface area contributed by atoms with Gasteiger partial charge in [-0.25, -0.2) is 0 Å². The molecule has 31 heavy (non-hydrogen) atoms. The van der Waals surface area contributed by atoms with Crippen LogP contribution in [-0.2, 0) is 6.61 Å². The predicted molar refractivity (Wildman–Crippen MR) is 121 cm³/mol. The summed E-state index contributed by atoms with van der Waals surface area (Å²) in [6.45, 7) is 4.75. The lowest BCUT2D eigenvalue weighted by Crippen LogP contribution is -2.13. The third-order valence-corrected chi connectivity index (χ3v) is 4.68. The monoisotopic (exact) mass is 421 g/mol. The highest BCUT2D eigenvalue weighted by atomic mass is 16.5. The highest BCUT2D eigenvalue weighted by molar-refractivity contribution is 6.04. The summed E-state index contributed by atoms with van der Waals surface area (Å²) >= 11 is 0. The maximum atomic E-state index is 12.8. The Morgan fingerprint density at radius 1 is 0.839 bits per heavy atom. The van der Waals surface area contributed by atoms with Gasteiger partial charge < -0.3 is 24.3 Å². The Morgan fingerprint density at radius 2 is 1.55 bits per heavy atom. The van der Waals surface area contributed by atoms with Gasteiger partial charge in [0.2, 0.25) is 0 Å². The van der Waals surface area contributed by atoms with Crippen molar-refractivity contribution >= 4 is 11.6 Å². The summed E-state index contributed by atoms with van der Waals surface area (Å²) in [6.07, 6.45) is 0. The first kappa shape index (κ1) is 22.0. The van der Waals surface area contributed by atoms with Crippen LogP contribution < -0.4 is 24.3 Å². The van der Waals surface area contributed by atoms with Crippen molar-refractivity contribution in [1.29, 1.82) is 0 Å². The SMILES string of the molecule is CCOc1ccc(C(=O)Nc2ccc(OC)c(OC)c2)cc1COc1ccc(C)cc1. The third-order valence-electron chi connectivity index (χ3n) is 4.68. The van der Waals surface area contributed by atoms with Crippen molar-refractivity contribution in [2.75, 3.05) is 26.1 Å². The van der Waals surface area contributed by atoms with Crippen LogP contribution in [0.3, 0.4) is 0 Å². The van der Waals surface area contributed by atoms with Crippen molar-refractivity contribution < 1.29 is 23.7 Å². The Balaban J connectivity index is 1.78. The third kappa shape index (κ3) is 5.69. The van der Waals surface area contributed by atoms with Gasteiger partial charge in [-0.3, -0.25) is 4.79 Å². The highest BCUT2D eigenvalue weighted by Crippen LogP contribution is 2.30. The molecule has 0 heterocycles. The fraction of sp³-hybridized carbons (Fsp3) is 0.240. The number of hydrogen-bond acceptors (Lipinski definition) is 5. The van der Waals surface area contributed by atoms with E-state index in [0.717, 1.165) is 16.9 Å². The predicted octanol–water partition coefficient (Wildman–Crippen LogP) is 5.24. The van der Waals surface area contributed by atoms with E-state index in [1.54, 1.807) is 50.6 Å². The van der Waals surface area contributed by atoms with Crippen molar-refractivity contribution in [2.24, 2.45) is 0 Å². The van der Waals surface area contributed by atoms with Crippen LogP contribution in [0.1, 0.15) is 28.4 Å². The minimum atomic E-state index is -0.244. The van der Waals surface area contributed by atoms with Crippen LogP contribution in [0, 0.1) is 6.92 Å². The average Bonchev–Trinajstić information content (AvgIpc) is 2.79. The number of rotatable bonds is 9. The minimum absolute atomic E-state index is 0.244. The summed E-state index contributed by atoms with van der Waals surface area (Å²) in [4.78, 5) is 12.8. The number of ether oxygens (including phenoxy) is 4. The molecule has 0 spiro atoms. The molecule has 162 valence electrons. The van der Waals surface area contributed by atoms with E-state index in [1.807, 2.05) is 38.1 Å². The molecule has 0 aliphatic heterocycles. The van der Waals surface area contributed by atoms with Crippen molar-refractivity contribution in [2.45, 2.75) is 20.5 Å². The molecule has 0 fully saturated rings. The normalized spacial score (nSPS) is 10.3. The minimum Gasteiger partial charge on any atom is -0.493 e. The molecule has 0 saturated carbocycles. The number of carbonyl (C=O) groups is 1. The van der Waals surface area contributed by atoms with Gasteiger partial charge in [0.1, 0.15) is 18.1 Å². The van der Waals surface area contributed by atoms with Crippen LogP contribution in [0.25, 0.3) is 0 Å². The molecular formula is C25H27NO5. The maximum Gasteiger partial charge on any atom is 0.255 e. The standard InChI is InChI=1S/C25H27NO5/c1-5-30-22-12-8-18(14-19(22)16-31-21-10-6-17(2)7-11-21)25(27)26-20-9-13-23(28-3)24(15-20)29-4/h6-15H,5,16H2,1-4H3,(H,26,27). The Bertz CT molecular complexity index is 1030. The molecule has 0 bridgehead atoms. The lowest BCUT2D eigenvalue weighted by Gasteiger charge is -2.14. The molecule has 0 unspecified atom stereocenters. The van der Waals surface area contributed by atoms with Crippen molar-refractivity contribution in [3.05, 3.63) is 77.4 Å². The number of carbonyl (C=O) groups excluding carboxylic acids is 1. The number of anilines is 1. The lowest BCUT2D eigenvalue weighted by molar-refractivity contribution is 0.102. The molecule has 3 aromatic carbocycles. The molecule has 0 atom stereocenters. The molecule has 0 aromatic heterocycles. The van der Waals surface area contributed by atoms with E-state index in [0.29, 0.717) is 35.1 Å². The fourth-order valence-corrected chi connectivity index (χ4v) is 3.04. The van der Waals surface area contributed by atoms with Gasteiger partial charge in [0.15, 0.2) is 11.5 Å². The van der Waals surface area contributed by atoms with Crippen molar-refractivity contribution in [3.8, 4) is 23.0 Å². The summed E-state index contributed by atoms with van der Waals surface area (Å²) in [7, 11) is 3.12. The van der Waals surface area contributed by atoms with Crippen molar-refractivity contribution in [3.63, 3.8) is 0 Å². The first-order valence-electron chi connectivity index (χ1n) is 10.0. The average molecular weight is 421 g/mol. The molecule has 1 N–H and O–H groups in total. The summed E-state index contributed by atoms with van der Waals surface area (Å²) < 4.78 is 22.1. The summed E-state index contributed by atoms with van der Waals surface area (Å²) in [5.74, 6) is 2.34. The van der Waals surface area contributed by atoms with E-state index < -0.39 is 0 Å². The van der Waals surface area contributed by atoms with Crippen molar-refractivity contribution in [1.82, 2.24) is 0 Å². The zero-order valence-corrected chi connectivity index (χ0v) is 18.2. The summed E-state index contributed by atoms with van der Waals surface area (Å²) in [5, 5.41) is 2.89. The van der Waals surface area contributed by atoms with Gasteiger partial charge in [0.25, 0.3) is 5.91 Å². The van der Waals surface area contributed by atoms with Crippen LogP contribution >= 0.6 is 0 Å². The van der Waals surface area contributed by atoms with E-state index in [4.69, 9.17) is 18.9 Å². The van der Waals surface area contributed by atoms with Gasteiger partial charge >= 0.3 is 0 Å².